The smallest absolute Gasteiger partial charge is 0.262 e. The first-order valence-electron chi connectivity index (χ1n) is 4.76. The normalized spacial score (nSPS) is 17.8. The molecule has 0 spiro atoms. The molecule has 5 nitrogen and oxygen atoms in total. The number of hydrogen-bond donors (Lipinski definition) is 2. The molecule has 2 N–H and O–H groups in total. The zero-order chi connectivity index (χ0) is 11.1. The molecule has 0 saturated heterocycles. The molecule has 6 heteroatoms. The highest BCUT2D eigenvalue weighted by atomic mass is 32.2. The summed E-state index contributed by atoms with van der Waals surface area (Å²) in [5.74, 6) is 0.830. The van der Waals surface area contributed by atoms with Crippen LogP contribution in [0, 0.1) is 0 Å². The fourth-order valence-electron chi connectivity index (χ4n) is 1.65. The van der Waals surface area contributed by atoms with Crippen molar-refractivity contribution in [2.75, 3.05) is 23.0 Å². The number of hydrogen-bond acceptors (Lipinski definition) is 4. The molecule has 0 aromatic heterocycles. The Morgan fingerprint density at radius 2 is 1.94 bits per heavy atom. The first-order valence-corrected chi connectivity index (χ1v) is 5.74. The molecule has 2 amide bonds. The number of thioether (sulfide) groups is 1. The lowest BCUT2D eigenvalue weighted by atomic mass is 10.2. The quantitative estimate of drug-likeness (QED) is 0.707. The SMILES string of the molecule is O=C1COc2cc3c(cc2N1)SCC(=O)N3. The molecule has 2 aliphatic heterocycles. The van der Waals surface area contributed by atoms with Crippen molar-refractivity contribution in [1.29, 1.82) is 0 Å². The van der Waals surface area contributed by atoms with Gasteiger partial charge in [-0.3, -0.25) is 9.59 Å². The van der Waals surface area contributed by atoms with E-state index in [4.69, 9.17) is 4.74 Å². The third kappa shape index (κ3) is 1.51. The largest absolute Gasteiger partial charge is 0.482 e. The van der Waals surface area contributed by atoms with Crippen molar-refractivity contribution in [2.24, 2.45) is 0 Å². The highest BCUT2D eigenvalue weighted by Gasteiger charge is 2.22. The summed E-state index contributed by atoms with van der Waals surface area (Å²) in [6.07, 6.45) is 0. The Kier molecular flexibility index (Phi) is 2.03. The number of amides is 2. The first kappa shape index (κ1) is 9.53. The van der Waals surface area contributed by atoms with E-state index in [1.807, 2.05) is 6.07 Å². The number of rotatable bonds is 0. The van der Waals surface area contributed by atoms with Crippen LogP contribution in [-0.4, -0.2) is 24.2 Å². The first-order chi connectivity index (χ1) is 7.72. The molecule has 0 bridgehead atoms. The molecule has 1 aromatic carbocycles. The number of ether oxygens (including phenoxy) is 1. The highest BCUT2D eigenvalue weighted by Crippen LogP contribution is 2.40. The molecule has 0 radical (unpaired) electrons. The van der Waals surface area contributed by atoms with Gasteiger partial charge in [0.1, 0.15) is 5.75 Å². The highest BCUT2D eigenvalue weighted by molar-refractivity contribution is 8.00. The van der Waals surface area contributed by atoms with E-state index in [0.717, 1.165) is 10.6 Å². The van der Waals surface area contributed by atoms with E-state index in [0.29, 0.717) is 17.2 Å². The second kappa shape index (κ2) is 3.41. The summed E-state index contributed by atoms with van der Waals surface area (Å²) in [7, 11) is 0. The summed E-state index contributed by atoms with van der Waals surface area (Å²) < 4.78 is 5.26. The van der Waals surface area contributed by atoms with Crippen molar-refractivity contribution >= 4 is 35.0 Å². The van der Waals surface area contributed by atoms with Gasteiger partial charge in [0.25, 0.3) is 5.91 Å². The maximum atomic E-state index is 11.2. The summed E-state index contributed by atoms with van der Waals surface area (Å²) in [4.78, 5) is 23.3. The summed E-state index contributed by atoms with van der Waals surface area (Å²) in [6.45, 7) is 0.0207. The number of carbonyl (C=O) groups is 2. The Labute approximate surface area is 95.5 Å². The molecular formula is C10H8N2O3S. The van der Waals surface area contributed by atoms with Crippen molar-refractivity contribution in [3.8, 4) is 5.75 Å². The van der Waals surface area contributed by atoms with Gasteiger partial charge in [-0.15, -0.1) is 11.8 Å². The van der Waals surface area contributed by atoms with Gasteiger partial charge >= 0.3 is 0 Å². The van der Waals surface area contributed by atoms with E-state index in [2.05, 4.69) is 10.6 Å². The minimum atomic E-state index is -0.155. The predicted molar refractivity (Wildman–Crippen MR) is 59.9 cm³/mol. The van der Waals surface area contributed by atoms with Gasteiger partial charge in [0.2, 0.25) is 5.91 Å². The van der Waals surface area contributed by atoms with Gasteiger partial charge in [-0.05, 0) is 6.07 Å². The van der Waals surface area contributed by atoms with Crippen molar-refractivity contribution in [1.82, 2.24) is 0 Å². The Balaban J connectivity index is 2.05. The van der Waals surface area contributed by atoms with Gasteiger partial charge in [0, 0.05) is 11.0 Å². The second-order valence-corrected chi connectivity index (χ2v) is 4.54. The molecule has 16 heavy (non-hydrogen) atoms. The third-order valence-corrected chi connectivity index (χ3v) is 3.40. The van der Waals surface area contributed by atoms with Crippen LogP contribution in [0.2, 0.25) is 0 Å². The number of benzene rings is 1. The van der Waals surface area contributed by atoms with E-state index < -0.39 is 0 Å². The van der Waals surface area contributed by atoms with Gasteiger partial charge in [-0.1, -0.05) is 0 Å². The maximum absolute atomic E-state index is 11.2. The molecule has 0 aliphatic carbocycles. The summed E-state index contributed by atoms with van der Waals surface area (Å²) in [5.41, 5.74) is 1.41. The van der Waals surface area contributed by atoms with Crippen LogP contribution in [0.15, 0.2) is 17.0 Å². The lowest BCUT2D eigenvalue weighted by molar-refractivity contribution is -0.118. The number of carbonyl (C=O) groups excluding carboxylic acids is 2. The van der Waals surface area contributed by atoms with E-state index in [9.17, 15) is 9.59 Å². The van der Waals surface area contributed by atoms with Crippen LogP contribution in [0.4, 0.5) is 11.4 Å². The Morgan fingerprint density at radius 1 is 1.12 bits per heavy atom. The van der Waals surface area contributed by atoms with Crippen molar-refractivity contribution in [3.63, 3.8) is 0 Å². The Bertz CT molecular complexity index is 455. The van der Waals surface area contributed by atoms with Crippen LogP contribution >= 0.6 is 11.8 Å². The lowest BCUT2D eigenvalue weighted by Gasteiger charge is -2.22. The van der Waals surface area contributed by atoms with Gasteiger partial charge < -0.3 is 15.4 Å². The Morgan fingerprint density at radius 3 is 2.81 bits per heavy atom. The van der Waals surface area contributed by atoms with Gasteiger partial charge in [-0.2, -0.15) is 0 Å². The minimum absolute atomic E-state index is 0.0164. The maximum Gasteiger partial charge on any atom is 0.262 e. The average molecular weight is 236 g/mol. The number of fused-ring (bicyclic) bond motifs is 2. The van der Waals surface area contributed by atoms with E-state index in [1.165, 1.54) is 11.8 Å². The summed E-state index contributed by atoms with van der Waals surface area (Å²) in [5, 5.41) is 5.50. The fourth-order valence-corrected chi connectivity index (χ4v) is 2.48. The van der Waals surface area contributed by atoms with Crippen LogP contribution in [0.25, 0.3) is 0 Å². The van der Waals surface area contributed by atoms with Crippen molar-refractivity contribution in [3.05, 3.63) is 12.1 Å². The molecule has 0 atom stereocenters. The summed E-state index contributed by atoms with van der Waals surface area (Å²) >= 11 is 1.45. The molecule has 0 saturated carbocycles. The van der Waals surface area contributed by atoms with Crippen LogP contribution in [0.5, 0.6) is 5.75 Å². The zero-order valence-corrected chi connectivity index (χ0v) is 9.02. The van der Waals surface area contributed by atoms with E-state index in [1.54, 1.807) is 6.07 Å². The average Bonchev–Trinajstić information content (AvgIpc) is 2.26. The monoisotopic (exact) mass is 236 g/mol. The molecule has 82 valence electrons. The van der Waals surface area contributed by atoms with Gasteiger partial charge in [0.05, 0.1) is 17.1 Å². The second-order valence-electron chi connectivity index (χ2n) is 3.52. The molecular weight excluding hydrogens is 228 g/mol. The number of nitrogens with one attached hydrogen (secondary N) is 2. The van der Waals surface area contributed by atoms with Crippen LogP contribution < -0.4 is 15.4 Å². The summed E-state index contributed by atoms with van der Waals surface area (Å²) in [6, 6.07) is 3.57. The molecule has 3 rings (SSSR count). The Hall–Kier alpha value is -1.69. The fraction of sp³-hybridized carbons (Fsp3) is 0.200. The zero-order valence-electron chi connectivity index (χ0n) is 8.20. The lowest BCUT2D eigenvalue weighted by Crippen LogP contribution is -2.26. The standard InChI is InChI=1S/C10H8N2O3S/c13-9-3-15-7-1-6-8(2-5(7)11-9)16-4-10(14)12-6/h1-2H,3-4H2,(H,11,13)(H,12,14). The van der Waals surface area contributed by atoms with E-state index in [-0.39, 0.29) is 18.4 Å². The topological polar surface area (TPSA) is 67.4 Å². The minimum Gasteiger partial charge on any atom is -0.482 e. The molecule has 0 unspecified atom stereocenters. The van der Waals surface area contributed by atoms with Gasteiger partial charge in [-0.25, -0.2) is 0 Å². The van der Waals surface area contributed by atoms with Crippen LogP contribution in [-0.2, 0) is 9.59 Å². The third-order valence-electron chi connectivity index (χ3n) is 2.35. The van der Waals surface area contributed by atoms with Crippen LogP contribution in [0.1, 0.15) is 0 Å². The molecule has 2 aliphatic rings. The van der Waals surface area contributed by atoms with Gasteiger partial charge in [0.15, 0.2) is 6.61 Å². The van der Waals surface area contributed by atoms with E-state index >= 15 is 0 Å². The molecule has 1 aromatic rings. The molecule has 0 fully saturated rings. The van der Waals surface area contributed by atoms with Crippen LogP contribution in [0.3, 0.4) is 0 Å². The van der Waals surface area contributed by atoms with Crippen molar-refractivity contribution < 1.29 is 14.3 Å². The van der Waals surface area contributed by atoms with Crippen molar-refractivity contribution in [2.45, 2.75) is 4.90 Å². The number of anilines is 2. The molecule has 2 heterocycles. The predicted octanol–water partition coefficient (Wildman–Crippen LogP) is 1.06.